The van der Waals surface area contributed by atoms with Gasteiger partial charge in [-0.2, -0.15) is 0 Å². The van der Waals surface area contributed by atoms with Crippen LogP contribution >= 0.6 is 0 Å². The van der Waals surface area contributed by atoms with Crippen molar-refractivity contribution in [1.29, 1.82) is 0 Å². The van der Waals surface area contributed by atoms with Crippen LogP contribution in [0.5, 0.6) is 0 Å². The third-order valence-electron chi connectivity index (χ3n) is 3.35. The van der Waals surface area contributed by atoms with E-state index in [0.29, 0.717) is 26.1 Å². The fourth-order valence-electron chi connectivity index (χ4n) is 2.37. The highest BCUT2D eigenvalue weighted by Gasteiger charge is 2.32. The van der Waals surface area contributed by atoms with Crippen LogP contribution in [0.15, 0.2) is 0 Å². The standard InChI is InChI=1S/C11H23N3O/c12-6-7-14-10(15)8-11(9-13)4-2-1-3-5-11/h1-9,12-13H2,(H,14,15). The van der Waals surface area contributed by atoms with Crippen molar-refractivity contribution in [1.82, 2.24) is 5.32 Å². The summed E-state index contributed by atoms with van der Waals surface area (Å²) in [6.45, 7) is 1.70. The Morgan fingerprint density at radius 2 is 1.87 bits per heavy atom. The first kappa shape index (κ1) is 12.5. The van der Waals surface area contributed by atoms with E-state index in [4.69, 9.17) is 11.5 Å². The van der Waals surface area contributed by atoms with Gasteiger partial charge in [-0.05, 0) is 24.8 Å². The van der Waals surface area contributed by atoms with E-state index in [9.17, 15) is 4.79 Å². The van der Waals surface area contributed by atoms with Crippen LogP contribution in [-0.4, -0.2) is 25.5 Å². The molecule has 0 spiro atoms. The van der Waals surface area contributed by atoms with Crippen molar-refractivity contribution in [2.24, 2.45) is 16.9 Å². The van der Waals surface area contributed by atoms with Crippen molar-refractivity contribution in [2.75, 3.05) is 19.6 Å². The molecule has 1 fully saturated rings. The first-order chi connectivity index (χ1) is 7.22. The highest BCUT2D eigenvalue weighted by Crippen LogP contribution is 2.38. The van der Waals surface area contributed by atoms with Crippen molar-refractivity contribution >= 4 is 5.91 Å². The third-order valence-corrected chi connectivity index (χ3v) is 3.35. The Labute approximate surface area is 91.8 Å². The van der Waals surface area contributed by atoms with Gasteiger partial charge in [0.15, 0.2) is 0 Å². The van der Waals surface area contributed by atoms with E-state index in [2.05, 4.69) is 5.32 Å². The minimum Gasteiger partial charge on any atom is -0.355 e. The van der Waals surface area contributed by atoms with Gasteiger partial charge in [0.2, 0.25) is 5.91 Å². The molecule has 4 nitrogen and oxygen atoms in total. The molecule has 1 aliphatic rings. The van der Waals surface area contributed by atoms with Gasteiger partial charge in [-0.15, -0.1) is 0 Å². The zero-order valence-electron chi connectivity index (χ0n) is 9.43. The Kier molecular flexibility index (Phi) is 5.05. The Hall–Kier alpha value is -0.610. The molecule has 0 saturated heterocycles. The maximum absolute atomic E-state index is 11.6. The minimum atomic E-state index is 0.0664. The zero-order valence-corrected chi connectivity index (χ0v) is 9.43. The van der Waals surface area contributed by atoms with E-state index in [-0.39, 0.29) is 11.3 Å². The van der Waals surface area contributed by atoms with Gasteiger partial charge in [0.05, 0.1) is 0 Å². The largest absolute Gasteiger partial charge is 0.355 e. The smallest absolute Gasteiger partial charge is 0.220 e. The van der Waals surface area contributed by atoms with E-state index in [1.165, 1.54) is 19.3 Å². The van der Waals surface area contributed by atoms with Gasteiger partial charge in [0.25, 0.3) is 0 Å². The highest BCUT2D eigenvalue weighted by atomic mass is 16.1. The summed E-state index contributed by atoms with van der Waals surface area (Å²) in [7, 11) is 0. The Balaban J connectivity index is 2.40. The number of nitrogens with two attached hydrogens (primary N) is 2. The lowest BCUT2D eigenvalue weighted by Gasteiger charge is -2.35. The molecule has 0 unspecified atom stereocenters. The molecule has 1 amide bonds. The summed E-state index contributed by atoms with van der Waals surface area (Å²) in [6.07, 6.45) is 6.47. The van der Waals surface area contributed by atoms with Gasteiger partial charge in [-0.3, -0.25) is 4.79 Å². The van der Waals surface area contributed by atoms with Crippen LogP contribution in [0.3, 0.4) is 0 Å². The maximum Gasteiger partial charge on any atom is 0.220 e. The summed E-state index contributed by atoms with van der Waals surface area (Å²) in [4.78, 5) is 11.6. The quantitative estimate of drug-likeness (QED) is 0.617. The van der Waals surface area contributed by atoms with Gasteiger partial charge in [0, 0.05) is 19.5 Å². The lowest BCUT2D eigenvalue weighted by molar-refractivity contribution is -0.123. The molecule has 0 aromatic rings. The van der Waals surface area contributed by atoms with E-state index >= 15 is 0 Å². The maximum atomic E-state index is 11.6. The molecule has 0 aromatic carbocycles. The topological polar surface area (TPSA) is 81.1 Å². The summed E-state index contributed by atoms with van der Waals surface area (Å²) in [5.41, 5.74) is 11.2. The molecule has 0 aliphatic heterocycles. The molecule has 0 radical (unpaired) electrons. The summed E-state index contributed by atoms with van der Waals surface area (Å²) < 4.78 is 0. The minimum absolute atomic E-state index is 0.0664. The van der Waals surface area contributed by atoms with Crippen LogP contribution in [0.25, 0.3) is 0 Å². The average Bonchev–Trinajstić information content (AvgIpc) is 2.27. The SMILES string of the molecule is NCCNC(=O)CC1(CN)CCCCC1. The van der Waals surface area contributed by atoms with Crippen LogP contribution < -0.4 is 16.8 Å². The second kappa shape index (κ2) is 6.08. The van der Waals surface area contributed by atoms with Gasteiger partial charge >= 0.3 is 0 Å². The molecule has 5 N–H and O–H groups in total. The summed E-state index contributed by atoms with van der Waals surface area (Å²) in [5.74, 6) is 0.104. The molecule has 0 bridgehead atoms. The summed E-state index contributed by atoms with van der Waals surface area (Å²) in [6, 6.07) is 0. The number of rotatable bonds is 5. The van der Waals surface area contributed by atoms with Crippen molar-refractivity contribution in [3.8, 4) is 0 Å². The van der Waals surface area contributed by atoms with E-state index in [1.807, 2.05) is 0 Å². The molecule has 1 rings (SSSR count). The molecule has 88 valence electrons. The fraction of sp³-hybridized carbons (Fsp3) is 0.909. The van der Waals surface area contributed by atoms with Crippen LogP contribution in [-0.2, 0) is 4.79 Å². The number of hydrogen-bond acceptors (Lipinski definition) is 3. The van der Waals surface area contributed by atoms with Crippen molar-refractivity contribution in [2.45, 2.75) is 38.5 Å². The second-order valence-corrected chi connectivity index (χ2v) is 4.58. The van der Waals surface area contributed by atoms with Crippen LogP contribution in [0.1, 0.15) is 38.5 Å². The van der Waals surface area contributed by atoms with Crippen molar-refractivity contribution in [3.05, 3.63) is 0 Å². The number of hydrogen-bond donors (Lipinski definition) is 3. The molecule has 0 heterocycles. The Bertz CT molecular complexity index is 200. The van der Waals surface area contributed by atoms with E-state index < -0.39 is 0 Å². The lowest BCUT2D eigenvalue weighted by atomic mass is 9.71. The normalized spacial score (nSPS) is 19.9. The number of carbonyl (C=O) groups is 1. The monoisotopic (exact) mass is 213 g/mol. The highest BCUT2D eigenvalue weighted by molar-refractivity contribution is 5.76. The molecule has 1 aliphatic carbocycles. The van der Waals surface area contributed by atoms with Gasteiger partial charge < -0.3 is 16.8 Å². The summed E-state index contributed by atoms with van der Waals surface area (Å²) >= 11 is 0. The lowest BCUT2D eigenvalue weighted by Crippen LogP contribution is -2.39. The van der Waals surface area contributed by atoms with Crippen molar-refractivity contribution < 1.29 is 4.79 Å². The predicted molar refractivity (Wildman–Crippen MR) is 61.3 cm³/mol. The third kappa shape index (κ3) is 3.80. The van der Waals surface area contributed by atoms with Gasteiger partial charge in [-0.25, -0.2) is 0 Å². The molecule has 0 atom stereocenters. The van der Waals surface area contributed by atoms with E-state index in [0.717, 1.165) is 12.8 Å². The van der Waals surface area contributed by atoms with Crippen LogP contribution in [0.2, 0.25) is 0 Å². The molecule has 15 heavy (non-hydrogen) atoms. The van der Waals surface area contributed by atoms with Crippen LogP contribution in [0.4, 0.5) is 0 Å². The first-order valence-corrected chi connectivity index (χ1v) is 5.89. The number of nitrogens with one attached hydrogen (secondary N) is 1. The molecular weight excluding hydrogens is 190 g/mol. The zero-order chi connectivity index (χ0) is 11.1. The van der Waals surface area contributed by atoms with Crippen LogP contribution in [0, 0.1) is 5.41 Å². The number of carbonyl (C=O) groups excluding carboxylic acids is 1. The molecule has 1 saturated carbocycles. The second-order valence-electron chi connectivity index (χ2n) is 4.58. The molecule has 4 heteroatoms. The first-order valence-electron chi connectivity index (χ1n) is 5.89. The van der Waals surface area contributed by atoms with Gasteiger partial charge in [-0.1, -0.05) is 19.3 Å². The molecular formula is C11H23N3O. The average molecular weight is 213 g/mol. The van der Waals surface area contributed by atoms with Gasteiger partial charge in [0.1, 0.15) is 0 Å². The summed E-state index contributed by atoms with van der Waals surface area (Å²) in [5, 5.41) is 2.82. The Morgan fingerprint density at radius 3 is 2.40 bits per heavy atom. The molecule has 0 aromatic heterocycles. The number of amides is 1. The van der Waals surface area contributed by atoms with Crippen molar-refractivity contribution in [3.63, 3.8) is 0 Å². The predicted octanol–water partition coefficient (Wildman–Crippen LogP) is 0.361. The Morgan fingerprint density at radius 1 is 1.20 bits per heavy atom. The fourth-order valence-corrected chi connectivity index (χ4v) is 2.37. The van der Waals surface area contributed by atoms with E-state index in [1.54, 1.807) is 0 Å².